The highest BCUT2D eigenvalue weighted by Crippen LogP contribution is 2.21. The van der Waals surface area contributed by atoms with Gasteiger partial charge in [0.15, 0.2) is 0 Å². The van der Waals surface area contributed by atoms with Gasteiger partial charge in [-0.25, -0.2) is 0 Å². The van der Waals surface area contributed by atoms with Gasteiger partial charge in [0.05, 0.1) is 6.10 Å². The van der Waals surface area contributed by atoms with Crippen LogP contribution in [-0.4, -0.2) is 23.5 Å². The molecular formula is C20H27N3O2. The molecule has 1 aromatic heterocycles. The molecule has 25 heavy (non-hydrogen) atoms. The van der Waals surface area contributed by atoms with Crippen LogP contribution >= 0.6 is 0 Å². The van der Waals surface area contributed by atoms with Gasteiger partial charge in [-0.1, -0.05) is 13.8 Å². The van der Waals surface area contributed by atoms with Crippen LogP contribution in [0, 0.1) is 5.92 Å². The molecule has 0 spiro atoms. The van der Waals surface area contributed by atoms with Gasteiger partial charge in [-0.05, 0) is 62.6 Å². The second-order valence-corrected chi connectivity index (χ2v) is 6.68. The molecule has 134 valence electrons. The molecule has 2 N–H and O–H groups in total. The first kappa shape index (κ1) is 18.8. The minimum atomic E-state index is -0.148. The van der Waals surface area contributed by atoms with E-state index in [1.54, 1.807) is 12.3 Å². The van der Waals surface area contributed by atoms with Crippen molar-refractivity contribution < 1.29 is 9.53 Å². The maximum atomic E-state index is 12.2. The molecule has 0 aliphatic carbocycles. The summed E-state index contributed by atoms with van der Waals surface area (Å²) in [5.41, 5.74) is 2.16. The van der Waals surface area contributed by atoms with Gasteiger partial charge in [-0.2, -0.15) is 0 Å². The first-order valence-corrected chi connectivity index (χ1v) is 8.72. The number of amides is 1. The van der Waals surface area contributed by atoms with Gasteiger partial charge < -0.3 is 15.4 Å². The van der Waals surface area contributed by atoms with E-state index >= 15 is 0 Å². The number of rotatable bonds is 8. The molecular weight excluding hydrogens is 314 g/mol. The van der Waals surface area contributed by atoms with Crippen LogP contribution < -0.4 is 15.4 Å². The van der Waals surface area contributed by atoms with Gasteiger partial charge in [-0.3, -0.25) is 9.78 Å². The van der Waals surface area contributed by atoms with Gasteiger partial charge in [0.2, 0.25) is 0 Å². The zero-order valence-electron chi connectivity index (χ0n) is 15.4. The second-order valence-electron chi connectivity index (χ2n) is 6.68. The van der Waals surface area contributed by atoms with Gasteiger partial charge in [0.1, 0.15) is 11.4 Å². The van der Waals surface area contributed by atoms with E-state index in [-0.39, 0.29) is 12.0 Å². The number of carbonyl (C=O) groups is 1. The fourth-order valence-corrected chi connectivity index (χ4v) is 2.25. The predicted octanol–water partition coefficient (Wildman–Crippen LogP) is 4.39. The van der Waals surface area contributed by atoms with E-state index < -0.39 is 0 Å². The smallest absolute Gasteiger partial charge is 0.269 e. The van der Waals surface area contributed by atoms with Crippen LogP contribution in [0.5, 0.6) is 5.75 Å². The Morgan fingerprint density at radius 3 is 2.44 bits per heavy atom. The maximum absolute atomic E-state index is 12.2. The highest BCUT2D eigenvalue weighted by Gasteiger charge is 2.08. The fraction of sp³-hybridized carbons (Fsp3) is 0.400. The molecule has 0 aliphatic rings. The van der Waals surface area contributed by atoms with E-state index in [1.807, 2.05) is 44.2 Å². The fourth-order valence-electron chi connectivity index (χ4n) is 2.25. The molecule has 0 radical (unpaired) electrons. The van der Waals surface area contributed by atoms with Crippen molar-refractivity contribution in [3.63, 3.8) is 0 Å². The molecule has 2 aromatic rings. The molecule has 0 saturated heterocycles. The van der Waals surface area contributed by atoms with Crippen molar-refractivity contribution >= 4 is 17.3 Å². The second kappa shape index (κ2) is 9.06. The Morgan fingerprint density at radius 1 is 1.08 bits per heavy atom. The average molecular weight is 341 g/mol. The summed E-state index contributed by atoms with van der Waals surface area (Å²) in [6, 6.07) is 11.3. The van der Waals surface area contributed by atoms with Crippen LogP contribution in [0.2, 0.25) is 0 Å². The summed E-state index contributed by atoms with van der Waals surface area (Å²) in [4.78, 5) is 16.3. The molecule has 0 aliphatic heterocycles. The van der Waals surface area contributed by atoms with E-state index in [9.17, 15) is 4.79 Å². The van der Waals surface area contributed by atoms with Crippen LogP contribution in [0.1, 0.15) is 44.6 Å². The number of carbonyl (C=O) groups excluding carboxylic acids is 1. The number of anilines is 2. The third-order valence-corrected chi connectivity index (χ3v) is 3.51. The maximum Gasteiger partial charge on any atom is 0.269 e. The quantitative estimate of drug-likeness (QED) is 0.747. The molecule has 0 atom stereocenters. The van der Waals surface area contributed by atoms with Crippen LogP contribution in [-0.2, 0) is 0 Å². The van der Waals surface area contributed by atoms with Gasteiger partial charge in [0, 0.05) is 24.1 Å². The van der Waals surface area contributed by atoms with E-state index in [0.29, 0.717) is 18.2 Å². The molecule has 1 amide bonds. The summed E-state index contributed by atoms with van der Waals surface area (Å²) in [5, 5.41) is 6.18. The van der Waals surface area contributed by atoms with Crippen molar-refractivity contribution in [3.05, 3.63) is 48.3 Å². The summed E-state index contributed by atoms with van der Waals surface area (Å²) < 4.78 is 5.63. The molecule has 1 aromatic carbocycles. The van der Waals surface area contributed by atoms with Crippen molar-refractivity contribution in [1.82, 2.24) is 10.3 Å². The number of hydrogen-bond donors (Lipinski definition) is 2. The number of hydrogen-bond acceptors (Lipinski definition) is 4. The van der Waals surface area contributed by atoms with Crippen molar-refractivity contribution in [2.24, 2.45) is 5.92 Å². The SMILES string of the molecule is CC(C)CCNC(=O)c1cc(Nc2ccc(OC(C)C)cc2)ccn1. The topological polar surface area (TPSA) is 63.2 Å². The highest BCUT2D eigenvalue weighted by molar-refractivity contribution is 5.93. The highest BCUT2D eigenvalue weighted by atomic mass is 16.5. The summed E-state index contributed by atoms with van der Waals surface area (Å²) in [6.45, 7) is 8.92. The molecule has 5 nitrogen and oxygen atoms in total. The number of pyridine rings is 1. The lowest BCUT2D eigenvalue weighted by molar-refractivity contribution is 0.0947. The number of nitrogens with zero attached hydrogens (tertiary/aromatic N) is 1. The van der Waals surface area contributed by atoms with Crippen molar-refractivity contribution in [1.29, 1.82) is 0 Å². The molecule has 1 heterocycles. The Bertz CT molecular complexity index is 682. The van der Waals surface area contributed by atoms with E-state index in [4.69, 9.17) is 4.74 Å². The van der Waals surface area contributed by atoms with E-state index in [0.717, 1.165) is 23.5 Å². The van der Waals surface area contributed by atoms with Gasteiger partial charge >= 0.3 is 0 Å². The van der Waals surface area contributed by atoms with E-state index in [1.165, 1.54) is 0 Å². The number of benzene rings is 1. The zero-order valence-corrected chi connectivity index (χ0v) is 15.4. The Labute approximate surface area is 149 Å². The lowest BCUT2D eigenvalue weighted by Crippen LogP contribution is -2.26. The first-order valence-electron chi connectivity index (χ1n) is 8.72. The molecule has 2 rings (SSSR count). The Balaban J connectivity index is 1.97. The number of nitrogens with one attached hydrogen (secondary N) is 2. The largest absolute Gasteiger partial charge is 0.491 e. The summed E-state index contributed by atoms with van der Waals surface area (Å²) in [5.74, 6) is 1.24. The monoisotopic (exact) mass is 341 g/mol. The average Bonchev–Trinajstić information content (AvgIpc) is 2.56. The summed E-state index contributed by atoms with van der Waals surface area (Å²) in [6.07, 6.45) is 2.74. The Kier molecular flexibility index (Phi) is 6.81. The zero-order chi connectivity index (χ0) is 18.2. The minimum absolute atomic E-state index is 0.148. The van der Waals surface area contributed by atoms with Crippen molar-refractivity contribution in [2.45, 2.75) is 40.2 Å². The molecule has 0 fully saturated rings. The van der Waals surface area contributed by atoms with Crippen molar-refractivity contribution in [2.75, 3.05) is 11.9 Å². The standard InChI is InChI=1S/C20H27N3O2/c1-14(2)9-11-22-20(24)19-13-17(10-12-21-19)23-16-5-7-18(8-6-16)25-15(3)4/h5-8,10,12-15H,9,11H2,1-4H3,(H,21,23)(H,22,24). The lowest BCUT2D eigenvalue weighted by atomic mass is 10.1. The van der Waals surface area contributed by atoms with Gasteiger partial charge in [0.25, 0.3) is 5.91 Å². The Morgan fingerprint density at radius 2 is 1.80 bits per heavy atom. The van der Waals surface area contributed by atoms with Crippen LogP contribution in [0.4, 0.5) is 11.4 Å². The minimum Gasteiger partial charge on any atom is -0.491 e. The lowest BCUT2D eigenvalue weighted by Gasteiger charge is -2.12. The predicted molar refractivity (Wildman–Crippen MR) is 102 cm³/mol. The van der Waals surface area contributed by atoms with Crippen LogP contribution in [0.15, 0.2) is 42.6 Å². The first-order chi connectivity index (χ1) is 11.9. The molecule has 0 unspecified atom stereocenters. The number of aromatic nitrogens is 1. The normalized spacial score (nSPS) is 10.8. The summed E-state index contributed by atoms with van der Waals surface area (Å²) in [7, 11) is 0. The molecule has 0 saturated carbocycles. The van der Waals surface area contributed by atoms with Crippen molar-refractivity contribution in [3.8, 4) is 5.75 Å². The summed E-state index contributed by atoms with van der Waals surface area (Å²) >= 11 is 0. The van der Waals surface area contributed by atoms with E-state index in [2.05, 4.69) is 29.5 Å². The van der Waals surface area contributed by atoms with Crippen LogP contribution in [0.25, 0.3) is 0 Å². The third kappa shape index (κ3) is 6.45. The van der Waals surface area contributed by atoms with Gasteiger partial charge in [-0.15, -0.1) is 0 Å². The van der Waals surface area contributed by atoms with Crippen LogP contribution in [0.3, 0.4) is 0 Å². The molecule has 0 bridgehead atoms. The third-order valence-electron chi connectivity index (χ3n) is 3.51. The Hall–Kier alpha value is -2.56. The molecule has 5 heteroatoms. The number of ether oxygens (including phenoxy) is 1.